The molecule has 1 aromatic carbocycles. The second kappa shape index (κ2) is 7.05. The number of amides is 1. The van der Waals surface area contributed by atoms with Crippen molar-refractivity contribution in [1.82, 2.24) is 0 Å². The lowest BCUT2D eigenvalue weighted by Gasteiger charge is -2.11. The zero-order chi connectivity index (χ0) is 17.6. The fraction of sp³-hybridized carbons (Fsp3) is 0.0769. The third kappa shape index (κ3) is 4.55. The third-order valence-corrected chi connectivity index (χ3v) is 3.33. The summed E-state index contributed by atoms with van der Waals surface area (Å²) in [6.07, 6.45) is 0. The van der Waals surface area contributed by atoms with Gasteiger partial charge >= 0.3 is 0 Å². The average molecular weight is 331 g/mol. The van der Waals surface area contributed by atoms with E-state index < -0.39 is 32.2 Å². The number of nitrogens with zero attached hydrogens (tertiary/aromatic N) is 3. The van der Waals surface area contributed by atoms with E-state index in [1.165, 1.54) is 25.1 Å². The molecule has 0 aliphatic rings. The summed E-state index contributed by atoms with van der Waals surface area (Å²) < 4.78 is 31.9. The first kappa shape index (κ1) is 17.7. The van der Waals surface area contributed by atoms with Crippen LogP contribution in [0.2, 0.25) is 0 Å². The number of rotatable bonds is 4. The van der Waals surface area contributed by atoms with Crippen LogP contribution in [0.1, 0.15) is 6.92 Å². The second-order valence-corrected chi connectivity index (χ2v) is 5.47. The van der Waals surface area contributed by atoms with Crippen LogP contribution in [-0.2, 0) is 14.9 Å². The molecule has 9 nitrogen and oxygen atoms in total. The van der Waals surface area contributed by atoms with Crippen molar-refractivity contribution >= 4 is 27.4 Å². The molecule has 3 N–H and O–H groups in total. The Morgan fingerprint density at radius 1 is 1.13 bits per heavy atom. The molecule has 1 amide bonds. The average Bonchev–Trinajstić information content (AvgIpc) is 2.45. The Bertz CT molecular complexity index is 897. The number of nitriles is 3. The van der Waals surface area contributed by atoms with Crippen molar-refractivity contribution in [2.75, 3.05) is 10.6 Å². The quantitative estimate of drug-likeness (QED) is 0.545. The van der Waals surface area contributed by atoms with Crippen LogP contribution < -0.4 is 10.6 Å². The lowest BCUT2D eigenvalue weighted by atomic mass is 10.2. The van der Waals surface area contributed by atoms with E-state index in [1.807, 2.05) is 0 Å². The minimum absolute atomic E-state index is 0.181. The Balaban J connectivity index is 3.52. The SMILES string of the molecule is CC(=O)Nc1ccc(S(=O)(=O)O)c(NC(C#N)=C(C#N)C#N)c1. The molecule has 0 aliphatic heterocycles. The number of benzene rings is 1. The molecule has 1 aromatic rings. The molecule has 0 heterocycles. The van der Waals surface area contributed by atoms with Crippen molar-refractivity contribution in [3.05, 3.63) is 29.5 Å². The molecule has 0 saturated heterocycles. The van der Waals surface area contributed by atoms with Gasteiger partial charge in [-0.3, -0.25) is 9.35 Å². The summed E-state index contributed by atoms with van der Waals surface area (Å²) in [5.41, 5.74) is -1.17. The lowest BCUT2D eigenvalue weighted by molar-refractivity contribution is -0.114. The predicted octanol–water partition coefficient (Wildman–Crippen LogP) is 1.13. The standard InChI is InChI=1S/C13H9N5O4S/c1-8(19)17-10-2-3-13(23(20,21)22)11(4-10)18-12(7-16)9(5-14)6-15/h2-4,18H,1H3,(H,17,19)(H,20,21,22). The summed E-state index contributed by atoms with van der Waals surface area (Å²) in [6, 6.07) is 7.86. The Labute approximate surface area is 131 Å². The van der Waals surface area contributed by atoms with Gasteiger partial charge in [0.05, 0.1) is 5.69 Å². The van der Waals surface area contributed by atoms with E-state index in [0.29, 0.717) is 0 Å². The van der Waals surface area contributed by atoms with Gasteiger partial charge in [0.15, 0.2) is 5.57 Å². The number of anilines is 2. The van der Waals surface area contributed by atoms with Crippen LogP contribution in [0.4, 0.5) is 11.4 Å². The molecule has 23 heavy (non-hydrogen) atoms. The van der Waals surface area contributed by atoms with Crippen LogP contribution in [0.3, 0.4) is 0 Å². The summed E-state index contributed by atoms with van der Waals surface area (Å²) in [7, 11) is -4.64. The monoisotopic (exact) mass is 331 g/mol. The fourth-order valence-electron chi connectivity index (χ4n) is 1.55. The van der Waals surface area contributed by atoms with Gasteiger partial charge in [-0.05, 0) is 18.2 Å². The molecule has 0 aliphatic carbocycles. The number of hydrogen-bond acceptors (Lipinski definition) is 7. The van der Waals surface area contributed by atoms with Crippen molar-refractivity contribution in [3.63, 3.8) is 0 Å². The minimum atomic E-state index is -4.64. The topological polar surface area (TPSA) is 167 Å². The summed E-state index contributed by atoms with van der Waals surface area (Å²) in [6.45, 7) is 1.23. The van der Waals surface area contributed by atoms with Crippen LogP contribution >= 0.6 is 0 Å². The highest BCUT2D eigenvalue weighted by atomic mass is 32.2. The Hall–Kier alpha value is -3.39. The van der Waals surface area contributed by atoms with E-state index in [0.717, 1.165) is 12.1 Å². The van der Waals surface area contributed by atoms with Crippen LogP contribution in [0.25, 0.3) is 0 Å². The number of allylic oxidation sites excluding steroid dienone is 2. The Morgan fingerprint density at radius 3 is 2.17 bits per heavy atom. The maximum absolute atomic E-state index is 11.4. The van der Waals surface area contributed by atoms with Gasteiger partial charge in [0.25, 0.3) is 10.1 Å². The van der Waals surface area contributed by atoms with Crippen molar-refractivity contribution in [2.24, 2.45) is 0 Å². The minimum Gasteiger partial charge on any atom is -0.344 e. The molecule has 0 spiro atoms. The zero-order valence-electron chi connectivity index (χ0n) is 11.7. The highest BCUT2D eigenvalue weighted by molar-refractivity contribution is 7.86. The van der Waals surface area contributed by atoms with Gasteiger partial charge in [0.2, 0.25) is 5.91 Å². The molecule has 0 fully saturated rings. The lowest BCUT2D eigenvalue weighted by Crippen LogP contribution is -2.10. The van der Waals surface area contributed by atoms with Crippen LogP contribution in [0, 0.1) is 34.0 Å². The highest BCUT2D eigenvalue weighted by Gasteiger charge is 2.18. The molecule has 0 saturated carbocycles. The van der Waals surface area contributed by atoms with Gasteiger partial charge in [-0.25, -0.2) is 0 Å². The molecule has 0 aromatic heterocycles. The number of nitrogens with one attached hydrogen (secondary N) is 2. The molecule has 116 valence electrons. The van der Waals surface area contributed by atoms with Crippen LogP contribution in [0.5, 0.6) is 0 Å². The van der Waals surface area contributed by atoms with E-state index in [-0.39, 0.29) is 11.4 Å². The van der Waals surface area contributed by atoms with E-state index in [9.17, 15) is 17.8 Å². The third-order valence-electron chi connectivity index (χ3n) is 2.42. The first-order chi connectivity index (χ1) is 10.7. The maximum atomic E-state index is 11.4. The van der Waals surface area contributed by atoms with Gasteiger partial charge in [-0.2, -0.15) is 24.2 Å². The first-order valence-electron chi connectivity index (χ1n) is 5.83. The Morgan fingerprint density at radius 2 is 1.74 bits per heavy atom. The van der Waals surface area contributed by atoms with Gasteiger partial charge < -0.3 is 10.6 Å². The molecule has 0 atom stereocenters. The largest absolute Gasteiger partial charge is 0.344 e. The van der Waals surface area contributed by atoms with Crippen molar-refractivity contribution in [2.45, 2.75) is 11.8 Å². The first-order valence-corrected chi connectivity index (χ1v) is 7.27. The summed E-state index contributed by atoms with van der Waals surface area (Å²) in [5.74, 6) is -0.429. The summed E-state index contributed by atoms with van der Waals surface area (Å²) >= 11 is 0. The maximum Gasteiger partial charge on any atom is 0.296 e. The van der Waals surface area contributed by atoms with E-state index >= 15 is 0 Å². The molecule has 0 bridgehead atoms. The van der Waals surface area contributed by atoms with Crippen molar-refractivity contribution in [3.8, 4) is 18.2 Å². The van der Waals surface area contributed by atoms with Crippen molar-refractivity contribution < 1.29 is 17.8 Å². The fourth-order valence-corrected chi connectivity index (χ4v) is 2.18. The molecular weight excluding hydrogens is 322 g/mol. The molecule has 0 radical (unpaired) electrons. The van der Waals surface area contributed by atoms with Gasteiger partial charge in [0.1, 0.15) is 28.8 Å². The molecule has 10 heteroatoms. The van der Waals surface area contributed by atoms with Gasteiger partial charge in [-0.1, -0.05) is 0 Å². The molecule has 0 unspecified atom stereocenters. The Kier molecular flexibility index (Phi) is 5.41. The van der Waals surface area contributed by atoms with E-state index in [4.69, 9.17) is 15.8 Å². The number of carbonyl (C=O) groups excluding carboxylic acids is 1. The normalized spacial score (nSPS) is 9.70. The van der Waals surface area contributed by atoms with E-state index in [1.54, 1.807) is 6.07 Å². The van der Waals surface area contributed by atoms with Crippen LogP contribution in [-0.4, -0.2) is 18.9 Å². The smallest absolute Gasteiger partial charge is 0.296 e. The second-order valence-electron chi connectivity index (χ2n) is 4.08. The molecule has 1 rings (SSSR count). The van der Waals surface area contributed by atoms with Crippen LogP contribution in [0.15, 0.2) is 34.4 Å². The van der Waals surface area contributed by atoms with Gasteiger partial charge in [0, 0.05) is 12.6 Å². The summed E-state index contributed by atoms with van der Waals surface area (Å²) in [4.78, 5) is 10.5. The highest BCUT2D eigenvalue weighted by Crippen LogP contribution is 2.27. The molecular formula is C13H9N5O4S. The van der Waals surface area contributed by atoms with E-state index in [2.05, 4.69) is 10.6 Å². The van der Waals surface area contributed by atoms with Gasteiger partial charge in [-0.15, -0.1) is 0 Å². The predicted molar refractivity (Wildman–Crippen MR) is 78.0 cm³/mol. The zero-order valence-corrected chi connectivity index (χ0v) is 12.5. The van der Waals surface area contributed by atoms with Crippen molar-refractivity contribution in [1.29, 1.82) is 15.8 Å². The summed E-state index contributed by atoms with van der Waals surface area (Å²) in [5, 5.41) is 31.2. The number of hydrogen-bond donors (Lipinski definition) is 3. The number of carbonyl (C=O) groups is 1.